The lowest BCUT2D eigenvalue weighted by Crippen LogP contribution is -2.46. The number of pyridine rings is 1. The highest BCUT2D eigenvalue weighted by atomic mass is 16.3. The highest BCUT2D eigenvalue weighted by Crippen LogP contribution is 2.31. The maximum absolute atomic E-state index is 5.85. The molecule has 9 nitrogen and oxygen atoms in total. The van der Waals surface area contributed by atoms with Crippen molar-refractivity contribution in [2.24, 2.45) is 5.92 Å². The predicted octanol–water partition coefficient (Wildman–Crippen LogP) is 2.92. The molecule has 1 saturated heterocycles. The number of nitrogens with zero attached hydrogens (tertiary/aromatic N) is 7. The van der Waals surface area contributed by atoms with Crippen LogP contribution < -0.4 is 4.90 Å². The fourth-order valence-electron chi connectivity index (χ4n) is 4.12. The zero-order valence-electron chi connectivity index (χ0n) is 17.8. The van der Waals surface area contributed by atoms with Crippen LogP contribution in [-0.2, 0) is 13.0 Å². The second-order valence-corrected chi connectivity index (χ2v) is 8.38. The molecule has 4 aromatic rings. The third kappa shape index (κ3) is 4.27. The summed E-state index contributed by atoms with van der Waals surface area (Å²) in [5.74, 6) is 1.95. The Hall–Kier alpha value is -3.33. The van der Waals surface area contributed by atoms with E-state index in [0.717, 1.165) is 43.7 Å². The molecule has 0 radical (unpaired) electrons. The van der Waals surface area contributed by atoms with Gasteiger partial charge in [0.15, 0.2) is 11.2 Å². The second kappa shape index (κ2) is 8.43. The highest BCUT2D eigenvalue weighted by molar-refractivity contribution is 5.75. The van der Waals surface area contributed by atoms with Crippen LogP contribution in [0.2, 0.25) is 0 Å². The van der Waals surface area contributed by atoms with Crippen LogP contribution in [0.4, 0.5) is 5.69 Å². The summed E-state index contributed by atoms with van der Waals surface area (Å²) in [5, 5.41) is 14.7. The normalized spacial score (nSPS) is 15.3. The average Bonchev–Trinajstić information content (AvgIpc) is 3.43. The second-order valence-electron chi connectivity index (χ2n) is 8.38. The number of benzene rings is 1. The van der Waals surface area contributed by atoms with E-state index in [0.29, 0.717) is 29.8 Å². The van der Waals surface area contributed by atoms with Gasteiger partial charge in [0.25, 0.3) is 0 Å². The summed E-state index contributed by atoms with van der Waals surface area (Å²) >= 11 is 0. The molecule has 1 N–H and O–H groups in total. The summed E-state index contributed by atoms with van der Waals surface area (Å²) in [7, 11) is 0. The topological polar surface area (TPSA) is 99.9 Å². The van der Waals surface area contributed by atoms with Gasteiger partial charge in [0.05, 0.1) is 6.54 Å². The summed E-state index contributed by atoms with van der Waals surface area (Å²) in [6.07, 6.45) is 2.79. The third-order valence-electron chi connectivity index (χ3n) is 5.57. The minimum Gasteiger partial charge on any atom is -0.438 e. The zero-order valence-corrected chi connectivity index (χ0v) is 17.8. The van der Waals surface area contributed by atoms with Crippen LogP contribution in [0.15, 0.2) is 40.9 Å². The van der Waals surface area contributed by atoms with Crippen LogP contribution in [0.1, 0.15) is 25.3 Å². The van der Waals surface area contributed by atoms with E-state index in [-0.39, 0.29) is 0 Å². The molecule has 0 aliphatic carbocycles. The molecule has 0 atom stereocenters. The highest BCUT2D eigenvalue weighted by Gasteiger charge is 2.23. The largest absolute Gasteiger partial charge is 0.438 e. The van der Waals surface area contributed by atoms with E-state index < -0.39 is 0 Å². The van der Waals surface area contributed by atoms with E-state index >= 15 is 0 Å². The van der Waals surface area contributed by atoms with Gasteiger partial charge in [-0.3, -0.25) is 4.90 Å². The number of anilines is 1. The Morgan fingerprint density at radius 3 is 2.74 bits per heavy atom. The van der Waals surface area contributed by atoms with Crippen molar-refractivity contribution in [1.82, 2.24) is 35.5 Å². The van der Waals surface area contributed by atoms with Crippen molar-refractivity contribution in [1.29, 1.82) is 0 Å². The maximum atomic E-state index is 5.85. The van der Waals surface area contributed by atoms with Crippen molar-refractivity contribution in [2.75, 3.05) is 31.1 Å². The Kier molecular flexibility index (Phi) is 5.33. The Balaban J connectivity index is 1.32. The molecule has 160 valence electrons. The van der Waals surface area contributed by atoms with Gasteiger partial charge in [-0.15, -0.1) is 10.2 Å². The smallest absolute Gasteiger partial charge is 0.211 e. The molecule has 1 fully saturated rings. The van der Waals surface area contributed by atoms with Crippen molar-refractivity contribution >= 4 is 16.9 Å². The van der Waals surface area contributed by atoms with Gasteiger partial charge in [0, 0.05) is 43.6 Å². The number of nitrogens with one attached hydrogen (secondary N) is 1. The SMILES string of the molecule is CC(C)Cc1ccc(-c2nn[nH]n2)c(N2CCN(Cc3nc4ncccc4o3)CC2)c1. The molecule has 1 aliphatic heterocycles. The van der Waals surface area contributed by atoms with Crippen LogP contribution in [0, 0.1) is 5.92 Å². The molecule has 4 heterocycles. The number of H-pyrrole nitrogens is 1. The van der Waals surface area contributed by atoms with E-state index in [4.69, 9.17) is 4.42 Å². The Morgan fingerprint density at radius 2 is 2.00 bits per heavy atom. The molecule has 31 heavy (non-hydrogen) atoms. The number of rotatable bonds is 6. The van der Waals surface area contributed by atoms with Gasteiger partial charge < -0.3 is 9.32 Å². The van der Waals surface area contributed by atoms with Crippen molar-refractivity contribution in [3.8, 4) is 11.4 Å². The molecule has 0 bridgehead atoms. The lowest BCUT2D eigenvalue weighted by atomic mass is 9.99. The zero-order chi connectivity index (χ0) is 21.2. The summed E-state index contributed by atoms with van der Waals surface area (Å²) in [6, 6.07) is 10.3. The number of oxazole rings is 1. The molecular weight excluding hydrogens is 392 g/mol. The molecule has 9 heteroatoms. The molecule has 3 aromatic heterocycles. The number of tetrazole rings is 1. The van der Waals surface area contributed by atoms with Crippen LogP contribution >= 0.6 is 0 Å². The number of hydrogen-bond donors (Lipinski definition) is 1. The first kappa shape index (κ1) is 19.6. The fraction of sp³-hybridized carbons (Fsp3) is 0.409. The van der Waals surface area contributed by atoms with Gasteiger partial charge in [0.1, 0.15) is 0 Å². The van der Waals surface area contributed by atoms with Crippen LogP contribution in [0.3, 0.4) is 0 Å². The minimum absolute atomic E-state index is 0.603. The molecule has 5 rings (SSSR count). The summed E-state index contributed by atoms with van der Waals surface area (Å²) in [5.41, 5.74) is 4.93. The molecule has 1 aliphatic rings. The number of piperazine rings is 1. The van der Waals surface area contributed by atoms with Crippen molar-refractivity contribution in [3.63, 3.8) is 0 Å². The molecule has 0 spiro atoms. The van der Waals surface area contributed by atoms with E-state index in [1.807, 2.05) is 12.1 Å². The van der Waals surface area contributed by atoms with E-state index in [2.05, 4.69) is 72.4 Å². The quantitative estimate of drug-likeness (QED) is 0.510. The lowest BCUT2D eigenvalue weighted by Gasteiger charge is -2.36. The number of hydrogen-bond acceptors (Lipinski definition) is 8. The van der Waals surface area contributed by atoms with Crippen molar-refractivity contribution < 1.29 is 4.42 Å². The first-order chi connectivity index (χ1) is 15.2. The summed E-state index contributed by atoms with van der Waals surface area (Å²) < 4.78 is 5.85. The van der Waals surface area contributed by atoms with Gasteiger partial charge in [-0.25, -0.2) is 4.98 Å². The number of aromatic nitrogens is 6. The summed E-state index contributed by atoms with van der Waals surface area (Å²) in [4.78, 5) is 13.6. The Morgan fingerprint density at radius 1 is 1.13 bits per heavy atom. The van der Waals surface area contributed by atoms with Gasteiger partial charge >= 0.3 is 0 Å². The van der Waals surface area contributed by atoms with Gasteiger partial charge in [-0.1, -0.05) is 19.9 Å². The first-order valence-corrected chi connectivity index (χ1v) is 10.7. The molecule has 1 aromatic carbocycles. The predicted molar refractivity (Wildman–Crippen MR) is 117 cm³/mol. The third-order valence-corrected chi connectivity index (χ3v) is 5.57. The summed E-state index contributed by atoms with van der Waals surface area (Å²) in [6.45, 7) is 8.84. The fourth-order valence-corrected chi connectivity index (χ4v) is 4.12. The van der Waals surface area contributed by atoms with E-state index in [1.165, 1.54) is 11.3 Å². The van der Waals surface area contributed by atoms with Crippen molar-refractivity contribution in [3.05, 3.63) is 48.0 Å². The number of aromatic amines is 1. The Labute approximate surface area is 180 Å². The maximum Gasteiger partial charge on any atom is 0.211 e. The molecule has 0 unspecified atom stereocenters. The average molecular weight is 419 g/mol. The van der Waals surface area contributed by atoms with Crippen LogP contribution in [0.25, 0.3) is 22.6 Å². The Bertz CT molecular complexity index is 1110. The van der Waals surface area contributed by atoms with E-state index in [9.17, 15) is 0 Å². The van der Waals surface area contributed by atoms with Gasteiger partial charge in [0.2, 0.25) is 11.7 Å². The van der Waals surface area contributed by atoms with Gasteiger partial charge in [-0.2, -0.15) is 10.2 Å². The van der Waals surface area contributed by atoms with Crippen molar-refractivity contribution in [2.45, 2.75) is 26.8 Å². The minimum atomic E-state index is 0.603. The van der Waals surface area contributed by atoms with E-state index in [1.54, 1.807) is 6.20 Å². The first-order valence-electron chi connectivity index (χ1n) is 10.7. The van der Waals surface area contributed by atoms with Gasteiger partial charge in [-0.05, 0) is 47.4 Å². The molecule has 0 saturated carbocycles. The standard InChI is InChI=1S/C22H26N8O/c1-15(2)12-16-5-6-17(21-25-27-28-26-21)18(13-16)30-10-8-29(9-11-30)14-20-24-22-19(31-20)4-3-7-23-22/h3-7,13,15H,8-12,14H2,1-2H3,(H,25,26,27,28). The number of fused-ring (bicyclic) bond motifs is 1. The van der Waals surface area contributed by atoms with Crippen LogP contribution in [0.5, 0.6) is 0 Å². The molecular formula is C22H26N8O. The molecule has 0 amide bonds. The van der Waals surface area contributed by atoms with Crippen LogP contribution in [-0.4, -0.2) is 61.7 Å². The lowest BCUT2D eigenvalue weighted by molar-refractivity contribution is 0.228. The monoisotopic (exact) mass is 418 g/mol.